The maximum Gasteiger partial charge on any atom is 1.00 e. The summed E-state index contributed by atoms with van der Waals surface area (Å²) in [6.45, 7) is 4.52. The minimum absolute atomic E-state index is 0. The molecule has 0 amide bonds. The van der Waals surface area contributed by atoms with Crippen LogP contribution in [0.2, 0.25) is 0 Å². The van der Waals surface area contributed by atoms with Crippen LogP contribution in [0.5, 0.6) is 0 Å². The maximum atomic E-state index is 10.9. The van der Waals surface area contributed by atoms with E-state index in [0.29, 0.717) is 0 Å². The van der Waals surface area contributed by atoms with Crippen molar-refractivity contribution in [1.29, 1.82) is 0 Å². The van der Waals surface area contributed by atoms with Crippen molar-refractivity contribution in [2.45, 2.75) is 194 Å². The van der Waals surface area contributed by atoms with Gasteiger partial charge in [0, 0.05) is 5.92 Å². The van der Waals surface area contributed by atoms with Crippen LogP contribution in [0.3, 0.4) is 0 Å². The van der Waals surface area contributed by atoms with Crippen molar-refractivity contribution in [2.24, 2.45) is 5.92 Å². The summed E-state index contributed by atoms with van der Waals surface area (Å²) in [6, 6.07) is 0. The van der Waals surface area contributed by atoms with Crippen molar-refractivity contribution in [3.8, 4) is 0 Å². The van der Waals surface area contributed by atoms with Gasteiger partial charge in [0.1, 0.15) is 0 Å². The first-order valence-electron chi connectivity index (χ1n) is 17.3. The Hall–Kier alpha value is 0.610. The van der Waals surface area contributed by atoms with Gasteiger partial charge in [-0.05, 0) is 19.3 Å². The molecule has 0 aliphatic carbocycles. The number of hydrogen-bond acceptors (Lipinski definition) is 4. The summed E-state index contributed by atoms with van der Waals surface area (Å²) in [5.74, 6) is 0.0170. The van der Waals surface area contributed by atoms with Gasteiger partial charge < -0.3 is 4.55 Å². The average molecular weight is 595 g/mol. The first-order chi connectivity index (χ1) is 19.0. The van der Waals surface area contributed by atoms with E-state index in [1.54, 1.807) is 0 Å². The molecule has 0 saturated carbocycles. The molecule has 1 atom stereocenters. The molecule has 0 aromatic rings. The van der Waals surface area contributed by atoms with Crippen LogP contribution in [0.15, 0.2) is 12.2 Å². The normalized spacial score (nSPS) is 12.7. The first-order valence-corrected chi connectivity index (χ1v) is 18.6. The third kappa shape index (κ3) is 36.6. The molecule has 0 rings (SSSR count). The molecule has 0 aromatic heterocycles. The molecule has 0 radical (unpaired) electrons. The van der Waals surface area contributed by atoms with Crippen molar-refractivity contribution in [3.63, 3.8) is 0 Å². The molecule has 0 bridgehead atoms. The molecule has 4 nitrogen and oxygen atoms in total. The molecule has 0 fully saturated rings. The minimum atomic E-state index is -4.62. The van der Waals surface area contributed by atoms with Crippen LogP contribution in [0.1, 0.15) is 194 Å². The van der Waals surface area contributed by atoms with E-state index >= 15 is 0 Å². The van der Waals surface area contributed by atoms with Gasteiger partial charge in [0.15, 0.2) is 0 Å². The van der Waals surface area contributed by atoms with Gasteiger partial charge in [-0.15, -0.1) is 0 Å². The van der Waals surface area contributed by atoms with Crippen molar-refractivity contribution in [3.05, 3.63) is 12.2 Å². The average Bonchev–Trinajstić information content (AvgIpc) is 2.91. The number of hydrogen-bond donors (Lipinski definition) is 0. The Morgan fingerprint density at radius 2 is 0.875 bits per heavy atom. The summed E-state index contributed by atoms with van der Waals surface area (Å²) in [4.78, 5) is 0. The zero-order valence-electron chi connectivity index (χ0n) is 27.3. The third-order valence-corrected chi connectivity index (χ3v) is 8.41. The number of rotatable bonds is 32. The molecule has 0 heterocycles. The van der Waals surface area contributed by atoms with Crippen molar-refractivity contribution < 1.29 is 46.7 Å². The Kier molecular flexibility index (Phi) is 36.4. The van der Waals surface area contributed by atoms with E-state index in [9.17, 15) is 13.0 Å². The summed E-state index contributed by atoms with van der Waals surface area (Å²) >= 11 is 0. The molecule has 6 heteroatoms. The number of unbranched alkanes of at least 4 members (excludes halogenated alkanes) is 25. The van der Waals surface area contributed by atoms with Crippen LogP contribution < -0.4 is 29.6 Å². The van der Waals surface area contributed by atoms with Gasteiger partial charge >= 0.3 is 29.6 Å². The minimum Gasteiger partial charge on any atom is -0.726 e. The fourth-order valence-corrected chi connectivity index (χ4v) is 5.74. The van der Waals surface area contributed by atoms with Gasteiger partial charge in [0.2, 0.25) is 10.4 Å². The topological polar surface area (TPSA) is 66.4 Å². The van der Waals surface area contributed by atoms with E-state index < -0.39 is 10.4 Å². The Morgan fingerprint density at radius 1 is 0.550 bits per heavy atom. The molecular formula is C34H67NaO4S. The van der Waals surface area contributed by atoms with Crippen LogP contribution in [0.4, 0.5) is 0 Å². The molecule has 0 saturated heterocycles. The van der Waals surface area contributed by atoms with E-state index in [-0.39, 0.29) is 42.1 Å². The van der Waals surface area contributed by atoms with Gasteiger partial charge in [-0.3, -0.25) is 4.18 Å². The van der Waals surface area contributed by atoms with Crippen LogP contribution >= 0.6 is 0 Å². The third-order valence-electron chi connectivity index (χ3n) is 7.99. The Labute approximate surface area is 273 Å². The van der Waals surface area contributed by atoms with Gasteiger partial charge in [-0.25, -0.2) is 8.42 Å². The quantitative estimate of drug-likeness (QED) is 0.0257. The number of allylic oxidation sites excluding steroid dienone is 1. The van der Waals surface area contributed by atoms with Crippen LogP contribution in [-0.4, -0.2) is 19.6 Å². The Morgan fingerprint density at radius 3 is 1.23 bits per heavy atom. The predicted molar refractivity (Wildman–Crippen MR) is 169 cm³/mol. The zero-order chi connectivity index (χ0) is 28.7. The molecule has 1 unspecified atom stereocenters. The smallest absolute Gasteiger partial charge is 0.726 e. The second kappa shape index (κ2) is 34.1. The molecule has 234 valence electrons. The summed E-state index contributed by atoms with van der Waals surface area (Å²) in [6.07, 6.45) is 40.9. The van der Waals surface area contributed by atoms with Crippen molar-refractivity contribution in [1.82, 2.24) is 0 Å². The summed E-state index contributed by atoms with van der Waals surface area (Å²) in [7, 11) is -4.62. The molecule has 0 N–H and O–H groups in total. The van der Waals surface area contributed by atoms with Crippen molar-refractivity contribution >= 4 is 10.4 Å². The molecule has 0 aromatic carbocycles. The predicted octanol–water partition coefficient (Wildman–Crippen LogP) is 8.60. The molecule has 0 spiro atoms. The van der Waals surface area contributed by atoms with E-state index in [2.05, 4.69) is 30.2 Å². The first kappa shape index (κ1) is 42.7. The van der Waals surface area contributed by atoms with Crippen LogP contribution in [-0.2, 0) is 14.6 Å². The Balaban J connectivity index is 0. The summed E-state index contributed by atoms with van der Waals surface area (Å²) < 4.78 is 37.4. The van der Waals surface area contributed by atoms with Gasteiger partial charge in [0.25, 0.3) is 0 Å². The second-order valence-electron chi connectivity index (χ2n) is 11.9. The van der Waals surface area contributed by atoms with E-state index in [0.717, 1.165) is 19.3 Å². The Bertz CT molecular complexity index is 609. The summed E-state index contributed by atoms with van der Waals surface area (Å²) in [5, 5.41) is 0. The van der Waals surface area contributed by atoms with E-state index in [1.165, 1.54) is 161 Å². The monoisotopic (exact) mass is 594 g/mol. The molecule has 0 aliphatic heterocycles. The standard InChI is InChI=1S/C34H68O4S.Na/c1-3-5-7-9-11-13-15-17-18-20-22-24-26-28-30-32-34(33-38-39(35,36)37)31-29-27-25-23-21-19-16-14-12-10-8-6-4-2;/h29,31,34H,3-28,30,32-33H2,1-2H3,(H,35,36,37);/q;+1/p-1/b31-29+;. The zero-order valence-corrected chi connectivity index (χ0v) is 30.1. The SMILES string of the molecule is CCCCCCCCCCCCC/C=C/C(CCCCCCCCCCCCCCCCC)COS(=O)(=O)[O-].[Na+]. The molecule has 0 aliphatic rings. The maximum absolute atomic E-state index is 10.9. The van der Waals surface area contributed by atoms with E-state index in [1.807, 2.05) is 0 Å². The van der Waals surface area contributed by atoms with E-state index in [4.69, 9.17) is 0 Å². The summed E-state index contributed by atoms with van der Waals surface area (Å²) in [5.41, 5.74) is 0. The van der Waals surface area contributed by atoms with Crippen molar-refractivity contribution in [2.75, 3.05) is 6.61 Å². The fraction of sp³-hybridized carbons (Fsp3) is 0.941. The molecular weight excluding hydrogens is 527 g/mol. The fourth-order valence-electron chi connectivity index (χ4n) is 5.40. The second-order valence-corrected chi connectivity index (χ2v) is 13.0. The van der Waals surface area contributed by atoms with Gasteiger partial charge in [-0.1, -0.05) is 187 Å². The van der Waals surface area contributed by atoms with Gasteiger partial charge in [-0.2, -0.15) is 0 Å². The van der Waals surface area contributed by atoms with Crippen LogP contribution in [0.25, 0.3) is 0 Å². The molecule has 40 heavy (non-hydrogen) atoms. The largest absolute Gasteiger partial charge is 1.00 e. The van der Waals surface area contributed by atoms with Crippen LogP contribution in [0, 0.1) is 5.92 Å². The van der Waals surface area contributed by atoms with Gasteiger partial charge in [0.05, 0.1) is 6.61 Å².